The lowest BCUT2D eigenvalue weighted by molar-refractivity contribution is -0.383. The Kier molecular flexibility index (Phi) is 5.23. The molecule has 8 nitrogen and oxygen atoms in total. The second kappa shape index (κ2) is 6.69. The standard InChI is InChI=1S/C13H18N4O4/c1-8(12(18)15-2)7-16(3)13(19)9-4-5-10(14)11(6-9)17(20)21/h4-6,8H,7,14H2,1-3H3,(H,15,18). The fourth-order valence-electron chi connectivity index (χ4n) is 1.88. The van der Waals surface area contributed by atoms with E-state index in [0.29, 0.717) is 0 Å². The first-order valence-corrected chi connectivity index (χ1v) is 6.29. The molecular weight excluding hydrogens is 276 g/mol. The number of nitrogen functional groups attached to an aromatic ring is 1. The highest BCUT2D eigenvalue weighted by molar-refractivity contribution is 5.95. The van der Waals surface area contributed by atoms with Gasteiger partial charge in [0.25, 0.3) is 11.6 Å². The van der Waals surface area contributed by atoms with Crippen LogP contribution in [-0.2, 0) is 4.79 Å². The fraction of sp³-hybridized carbons (Fsp3) is 0.385. The number of amides is 2. The van der Waals surface area contributed by atoms with Gasteiger partial charge in [-0.15, -0.1) is 0 Å². The number of nitrogens with zero attached hydrogens (tertiary/aromatic N) is 2. The Labute approximate surface area is 122 Å². The van der Waals surface area contributed by atoms with Gasteiger partial charge in [0.05, 0.1) is 10.8 Å². The Morgan fingerprint density at radius 1 is 1.48 bits per heavy atom. The number of carbonyl (C=O) groups excluding carboxylic acids is 2. The SMILES string of the molecule is CNC(=O)C(C)CN(C)C(=O)c1ccc(N)c([N+](=O)[O-])c1. The van der Waals surface area contributed by atoms with Gasteiger partial charge >= 0.3 is 0 Å². The average molecular weight is 294 g/mol. The van der Waals surface area contributed by atoms with E-state index in [0.717, 1.165) is 6.07 Å². The van der Waals surface area contributed by atoms with Crippen LogP contribution in [0.25, 0.3) is 0 Å². The first kappa shape index (κ1) is 16.4. The van der Waals surface area contributed by atoms with Crippen LogP contribution in [0.1, 0.15) is 17.3 Å². The Morgan fingerprint density at radius 3 is 2.62 bits per heavy atom. The molecule has 2 amide bonds. The Hall–Kier alpha value is -2.64. The maximum Gasteiger partial charge on any atom is 0.292 e. The van der Waals surface area contributed by atoms with Crippen LogP contribution in [0.4, 0.5) is 11.4 Å². The maximum absolute atomic E-state index is 12.2. The number of benzene rings is 1. The number of carbonyl (C=O) groups is 2. The van der Waals surface area contributed by atoms with Gasteiger partial charge < -0.3 is 16.0 Å². The molecule has 0 spiro atoms. The van der Waals surface area contributed by atoms with Crippen LogP contribution < -0.4 is 11.1 Å². The van der Waals surface area contributed by atoms with Crippen molar-refractivity contribution in [2.24, 2.45) is 5.92 Å². The van der Waals surface area contributed by atoms with Crippen molar-refractivity contribution in [3.8, 4) is 0 Å². The van der Waals surface area contributed by atoms with Crippen molar-refractivity contribution in [3.05, 3.63) is 33.9 Å². The quantitative estimate of drug-likeness (QED) is 0.469. The average Bonchev–Trinajstić information content (AvgIpc) is 2.45. The lowest BCUT2D eigenvalue weighted by atomic mass is 10.1. The first-order chi connectivity index (χ1) is 9.77. The monoisotopic (exact) mass is 294 g/mol. The summed E-state index contributed by atoms with van der Waals surface area (Å²) in [5.74, 6) is -0.973. The number of hydrogen-bond acceptors (Lipinski definition) is 5. The van der Waals surface area contributed by atoms with E-state index in [1.807, 2.05) is 0 Å². The van der Waals surface area contributed by atoms with Crippen LogP contribution in [0.2, 0.25) is 0 Å². The van der Waals surface area contributed by atoms with Crippen molar-refractivity contribution in [2.75, 3.05) is 26.4 Å². The molecule has 0 radical (unpaired) electrons. The highest BCUT2D eigenvalue weighted by atomic mass is 16.6. The van der Waals surface area contributed by atoms with Crippen LogP contribution >= 0.6 is 0 Å². The molecule has 0 aliphatic carbocycles. The predicted octanol–water partition coefficient (Wildman–Crippen LogP) is 0.631. The molecule has 1 aromatic carbocycles. The van der Waals surface area contributed by atoms with Crippen LogP contribution in [0.15, 0.2) is 18.2 Å². The minimum atomic E-state index is -0.640. The molecule has 0 aromatic heterocycles. The van der Waals surface area contributed by atoms with Gasteiger partial charge in [-0.25, -0.2) is 0 Å². The largest absolute Gasteiger partial charge is 0.393 e. The summed E-state index contributed by atoms with van der Waals surface area (Å²) in [5, 5.41) is 13.3. The highest BCUT2D eigenvalue weighted by Crippen LogP contribution is 2.23. The Morgan fingerprint density at radius 2 is 2.10 bits per heavy atom. The highest BCUT2D eigenvalue weighted by Gasteiger charge is 2.21. The van der Waals surface area contributed by atoms with Crippen molar-refractivity contribution < 1.29 is 14.5 Å². The number of nitrogens with one attached hydrogen (secondary N) is 1. The van der Waals surface area contributed by atoms with Gasteiger partial charge in [-0.05, 0) is 12.1 Å². The third-order valence-electron chi connectivity index (χ3n) is 3.06. The van der Waals surface area contributed by atoms with E-state index < -0.39 is 10.8 Å². The van der Waals surface area contributed by atoms with E-state index in [-0.39, 0.29) is 35.3 Å². The van der Waals surface area contributed by atoms with Crippen molar-refractivity contribution in [2.45, 2.75) is 6.92 Å². The van der Waals surface area contributed by atoms with Crippen molar-refractivity contribution in [1.29, 1.82) is 0 Å². The lowest BCUT2D eigenvalue weighted by Gasteiger charge is -2.20. The number of hydrogen-bond donors (Lipinski definition) is 2. The molecule has 0 saturated heterocycles. The van der Waals surface area contributed by atoms with Gasteiger partial charge in [-0.2, -0.15) is 0 Å². The van der Waals surface area contributed by atoms with E-state index in [1.165, 1.54) is 31.1 Å². The van der Waals surface area contributed by atoms with E-state index in [2.05, 4.69) is 5.32 Å². The van der Waals surface area contributed by atoms with Crippen molar-refractivity contribution >= 4 is 23.2 Å². The number of nitrogens with two attached hydrogens (primary N) is 1. The molecule has 1 rings (SSSR count). The molecule has 0 fully saturated rings. The van der Waals surface area contributed by atoms with Crippen LogP contribution in [-0.4, -0.2) is 42.3 Å². The van der Waals surface area contributed by atoms with Gasteiger partial charge in [0.15, 0.2) is 0 Å². The normalized spacial score (nSPS) is 11.6. The smallest absolute Gasteiger partial charge is 0.292 e. The molecular formula is C13H18N4O4. The summed E-state index contributed by atoms with van der Waals surface area (Å²) in [6, 6.07) is 3.88. The van der Waals surface area contributed by atoms with Gasteiger partial charge in [-0.3, -0.25) is 19.7 Å². The number of anilines is 1. The number of nitro benzene ring substituents is 1. The van der Waals surface area contributed by atoms with E-state index in [4.69, 9.17) is 5.73 Å². The molecule has 8 heteroatoms. The maximum atomic E-state index is 12.2. The minimum Gasteiger partial charge on any atom is -0.393 e. The molecule has 1 atom stereocenters. The third kappa shape index (κ3) is 3.91. The molecule has 3 N–H and O–H groups in total. The van der Waals surface area contributed by atoms with Gasteiger partial charge in [0, 0.05) is 32.3 Å². The van der Waals surface area contributed by atoms with E-state index >= 15 is 0 Å². The van der Waals surface area contributed by atoms with Gasteiger partial charge in [-0.1, -0.05) is 6.92 Å². The summed E-state index contributed by atoms with van der Waals surface area (Å²) in [7, 11) is 3.05. The molecule has 114 valence electrons. The summed E-state index contributed by atoms with van der Waals surface area (Å²) in [6.45, 7) is 1.89. The van der Waals surface area contributed by atoms with Crippen molar-refractivity contribution in [1.82, 2.24) is 10.2 Å². The van der Waals surface area contributed by atoms with Crippen LogP contribution in [0.3, 0.4) is 0 Å². The Bertz CT molecular complexity index is 573. The molecule has 21 heavy (non-hydrogen) atoms. The minimum absolute atomic E-state index is 0.00191. The lowest BCUT2D eigenvalue weighted by Crippen LogP contribution is -2.37. The number of nitro groups is 1. The van der Waals surface area contributed by atoms with Gasteiger partial charge in [0.1, 0.15) is 5.69 Å². The zero-order chi connectivity index (χ0) is 16.2. The molecule has 0 aliphatic heterocycles. The molecule has 0 saturated carbocycles. The summed E-state index contributed by atoms with van der Waals surface area (Å²) in [6.07, 6.45) is 0. The second-order valence-electron chi connectivity index (χ2n) is 4.73. The summed E-state index contributed by atoms with van der Waals surface area (Å²) in [5.41, 5.74) is 5.33. The fourth-order valence-corrected chi connectivity index (χ4v) is 1.88. The van der Waals surface area contributed by atoms with Gasteiger partial charge in [0.2, 0.25) is 5.91 Å². The van der Waals surface area contributed by atoms with Crippen molar-refractivity contribution in [3.63, 3.8) is 0 Å². The molecule has 0 aliphatic rings. The molecule has 1 unspecified atom stereocenters. The second-order valence-corrected chi connectivity index (χ2v) is 4.73. The zero-order valence-corrected chi connectivity index (χ0v) is 12.1. The zero-order valence-electron chi connectivity index (χ0n) is 12.1. The van der Waals surface area contributed by atoms with Crippen LogP contribution in [0, 0.1) is 16.0 Å². The van der Waals surface area contributed by atoms with E-state index in [1.54, 1.807) is 6.92 Å². The summed E-state index contributed by atoms with van der Waals surface area (Å²) >= 11 is 0. The van der Waals surface area contributed by atoms with Crippen LogP contribution in [0.5, 0.6) is 0 Å². The molecule has 0 heterocycles. The number of rotatable bonds is 5. The summed E-state index contributed by atoms with van der Waals surface area (Å²) in [4.78, 5) is 35.2. The topological polar surface area (TPSA) is 119 Å². The predicted molar refractivity (Wildman–Crippen MR) is 77.7 cm³/mol. The molecule has 0 bridgehead atoms. The summed E-state index contributed by atoms with van der Waals surface area (Å²) < 4.78 is 0. The first-order valence-electron chi connectivity index (χ1n) is 6.29. The van der Waals surface area contributed by atoms with E-state index in [9.17, 15) is 19.7 Å². The Balaban J connectivity index is 2.90. The molecule has 1 aromatic rings. The third-order valence-corrected chi connectivity index (χ3v) is 3.06.